The molecular formula is C27H22N6O3. The molecule has 0 aliphatic heterocycles. The van der Waals surface area contributed by atoms with Gasteiger partial charge in [-0.15, -0.1) is 0 Å². The summed E-state index contributed by atoms with van der Waals surface area (Å²) in [6.45, 7) is 0.618. The van der Waals surface area contributed by atoms with Gasteiger partial charge in [0, 0.05) is 46.3 Å². The molecule has 9 heteroatoms. The number of hydrogen-bond donors (Lipinski definition) is 3. The summed E-state index contributed by atoms with van der Waals surface area (Å²) >= 11 is 0. The van der Waals surface area contributed by atoms with Gasteiger partial charge < -0.3 is 20.0 Å². The molecule has 9 nitrogen and oxygen atoms in total. The molecule has 6 rings (SSSR count). The zero-order valence-electron chi connectivity index (χ0n) is 19.2. The molecule has 0 aliphatic rings. The Morgan fingerprint density at radius 2 is 1.86 bits per heavy atom. The Balaban J connectivity index is 1.12. The third kappa shape index (κ3) is 4.18. The molecule has 0 aliphatic carbocycles. The molecule has 0 saturated heterocycles. The summed E-state index contributed by atoms with van der Waals surface area (Å²) in [5.41, 5.74) is 4.47. The predicted octanol–water partition coefficient (Wildman–Crippen LogP) is 3.95. The van der Waals surface area contributed by atoms with Crippen molar-refractivity contribution < 1.29 is 9.21 Å². The van der Waals surface area contributed by atoms with E-state index in [4.69, 9.17) is 4.42 Å². The number of hydrogen-bond acceptors (Lipinski definition) is 6. The van der Waals surface area contributed by atoms with Crippen LogP contribution in [0.3, 0.4) is 0 Å². The Kier molecular flexibility index (Phi) is 5.42. The molecule has 4 heterocycles. The number of rotatable bonds is 7. The maximum atomic E-state index is 12.9. The fraction of sp³-hybridized carbons (Fsp3) is 0.111. The van der Waals surface area contributed by atoms with Crippen LogP contribution in [0.4, 0.5) is 5.69 Å². The Hall–Kier alpha value is -4.92. The monoisotopic (exact) mass is 478 g/mol. The van der Waals surface area contributed by atoms with Gasteiger partial charge in [-0.1, -0.05) is 24.3 Å². The van der Waals surface area contributed by atoms with Crippen LogP contribution in [0.5, 0.6) is 0 Å². The molecule has 0 fully saturated rings. The van der Waals surface area contributed by atoms with E-state index in [9.17, 15) is 9.59 Å². The number of pyridine rings is 1. The predicted molar refractivity (Wildman–Crippen MR) is 137 cm³/mol. The van der Waals surface area contributed by atoms with Crippen molar-refractivity contribution in [1.82, 2.24) is 24.8 Å². The van der Waals surface area contributed by atoms with Gasteiger partial charge in [-0.3, -0.25) is 19.1 Å². The summed E-state index contributed by atoms with van der Waals surface area (Å²) in [5, 5.41) is 9.03. The molecule has 36 heavy (non-hydrogen) atoms. The molecule has 0 radical (unpaired) electrons. The molecule has 3 N–H and O–H groups in total. The first-order chi connectivity index (χ1) is 17.6. The van der Waals surface area contributed by atoms with Gasteiger partial charge in [0.15, 0.2) is 0 Å². The first-order valence-corrected chi connectivity index (χ1v) is 11.5. The topological polar surface area (TPSA) is 118 Å². The molecule has 178 valence electrons. The summed E-state index contributed by atoms with van der Waals surface area (Å²) in [5.74, 6) is -0.287. The highest BCUT2D eigenvalue weighted by Crippen LogP contribution is 2.29. The summed E-state index contributed by atoms with van der Waals surface area (Å²) in [4.78, 5) is 36.9. The Morgan fingerprint density at radius 1 is 0.972 bits per heavy atom. The lowest BCUT2D eigenvalue weighted by Gasteiger charge is -2.10. The Morgan fingerprint density at radius 3 is 2.78 bits per heavy atom. The minimum Gasteiger partial charge on any atom is -0.456 e. The van der Waals surface area contributed by atoms with Gasteiger partial charge in [-0.25, -0.2) is 4.98 Å². The second-order valence-corrected chi connectivity index (χ2v) is 8.56. The smallest absolute Gasteiger partial charge is 0.277 e. The quantitative estimate of drug-likeness (QED) is 0.320. The molecule has 1 amide bonds. The number of nitrogens with one attached hydrogen (secondary N) is 3. The minimum atomic E-state index is -0.313. The molecule has 6 aromatic rings. The van der Waals surface area contributed by atoms with Crippen molar-refractivity contribution in [3.05, 3.63) is 101 Å². The van der Waals surface area contributed by atoms with Crippen molar-refractivity contribution in [2.45, 2.75) is 19.6 Å². The number of fused-ring (bicyclic) bond motifs is 4. The normalized spacial score (nSPS) is 11.3. The lowest BCUT2D eigenvalue weighted by atomic mass is 10.1. The lowest BCUT2D eigenvalue weighted by Crippen LogP contribution is -2.33. The molecule has 0 bridgehead atoms. The van der Waals surface area contributed by atoms with Gasteiger partial charge in [0.25, 0.3) is 5.56 Å². The van der Waals surface area contributed by atoms with Gasteiger partial charge in [0.1, 0.15) is 23.4 Å². The first-order valence-electron chi connectivity index (χ1n) is 11.5. The standard InChI is InChI=1S/C27H22N6O3/c34-26(31-13-19-10-18-12-28-8-7-22(18)32-19)15-33-16-29-14-23(27(33)35)30-11-17-5-6-25-21(9-17)20-3-1-2-4-24(20)36-25/h1-10,12,14,16,30,32H,11,13,15H2,(H,31,34). The number of anilines is 1. The van der Waals surface area contributed by atoms with Crippen LogP contribution in [0.1, 0.15) is 11.3 Å². The summed E-state index contributed by atoms with van der Waals surface area (Å²) < 4.78 is 7.17. The van der Waals surface area contributed by atoms with Gasteiger partial charge in [-0.05, 0) is 35.9 Å². The van der Waals surface area contributed by atoms with Gasteiger partial charge >= 0.3 is 0 Å². The van der Waals surface area contributed by atoms with Crippen LogP contribution in [-0.2, 0) is 24.4 Å². The number of H-pyrrole nitrogens is 1. The van der Waals surface area contributed by atoms with E-state index in [1.54, 1.807) is 12.4 Å². The number of benzene rings is 2. The van der Waals surface area contributed by atoms with Crippen LogP contribution in [-0.4, -0.2) is 25.4 Å². The van der Waals surface area contributed by atoms with Crippen LogP contribution in [0.2, 0.25) is 0 Å². The van der Waals surface area contributed by atoms with Crippen molar-refractivity contribution in [1.29, 1.82) is 0 Å². The maximum absolute atomic E-state index is 12.9. The first kappa shape index (κ1) is 21.6. The van der Waals surface area contributed by atoms with E-state index in [1.807, 2.05) is 48.5 Å². The molecule has 0 saturated carbocycles. The average Bonchev–Trinajstić information content (AvgIpc) is 3.49. The number of carbonyl (C=O) groups excluding carboxylic acids is 1. The highest BCUT2D eigenvalue weighted by Gasteiger charge is 2.11. The van der Waals surface area contributed by atoms with Crippen LogP contribution in [0.15, 0.2) is 88.7 Å². The van der Waals surface area contributed by atoms with Crippen molar-refractivity contribution in [2.24, 2.45) is 0 Å². The SMILES string of the molecule is O=C(Cn1cncc(NCc2ccc3oc4ccccc4c3c2)c1=O)NCc1cc2cnccc2[nH]1. The van der Waals surface area contributed by atoms with Crippen molar-refractivity contribution >= 4 is 44.4 Å². The number of amides is 1. The third-order valence-electron chi connectivity index (χ3n) is 6.09. The van der Waals surface area contributed by atoms with E-state index in [0.29, 0.717) is 18.8 Å². The van der Waals surface area contributed by atoms with Gasteiger partial charge in [0.2, 0.25) is 5.91 Å². The van der Waals surface area contributed by atoms with E-state index in [1.165, 1.54) is 17.1 Å². The zero-order valence-corrected chi connectivity index (χ0v) is 19.2. The highest BCUT2D eigenvalue weighted by molar-refractivity contribution is 6.05. The fourth-order valence-electron chi connectivity index (χ4n) is 4.30. The van der Waals surface area contributed by atoms with E-state index in [-0.39, 0.29) is 18.0 Å². The molecular weight excluding hydrogens is 456 g/mol. The van der Waals surface area contributed by atoms with E-state index in [0.717, 1.165) is 44.1 Å². The molecule has 0 atom stereocenters. The molecule has 2 aromatic carbocycles. The Labute approximate surface area is 204 Å². The summed E-state index contributed by atoms with van der Waals surface area (Å²) in [6.07, 6.45) is 6.31. The Bertz CT molecular complexity index is 1750. The molecule has 0 unspecified atom stereocenters. The summed E-state index contributed by atoms with van der Waals surface area (Å²) in [6, 6.07) is 17.6. The van der Waals surface area contributed by atoms with Crippen LogP contribution in [0.25, 0.3) is 32.8 Å². The minimum absolute atomic E-state index is 0.129. The lowest BCUT2D eigenvalue weighted by molar-refractivity contribution is -0.121. The number of aromatic nitrogens is 4. The third-order valence-corrected chi connectivity index (χ3v) is 6.09. The molecule has 0 spiro atoms. The second-order valence-electron chi connectivity index (χ2n) is 8.56. The highest BCUT2D eigenvalue weighted by atomic mass is 16.3. The van der Waals surface area contributed by atoms with Crippen molar-refractivity contribution in [2.75, 3.05) is 5.32 Å². The largest absolute Gasteiger partial charge is 0.456 e. The number of aromatic amines is 1. The van der Waals surface area contributed by atoms with E-state index >= 15 is 0 Å². The van der Waals surface area contributed by atoms with Crippen LogP contribution >= 0.6 is 0 Å². The molecule has 4 aromatic heterocycles. The van der Waals surface area contributed by atoms with Crippen LogP contribution < -0.4 is 16.2 Å². The van der Waals surface area contributed by atoms with Crippen LogP contribution in [0, 0.1) is 0 Å². The number of carbonyl (C=O) groups is 1. The van der Waals surface area contributed by atoms with E-state index < -0.39 is 0 Å². The maximum Gasteiger partial charge on any atom is 0.277 e. The van der Waals surface area contributed by atoms with E-state index in [2.05, 4.69) is 31.7 Å². The van der Waals surface area contributed by atoms with Gasteiger partial charge in [0.05, 0.1) is 19.1 Å². The second kappa shape index (κ2) is 9.03. The fourth-order valence-corrected chi connectivity index (χ4v) is 4.30. The van der Waals surface area contributed by atoms with Crippen molar-refractivity contribution in [3.8, 4) is 0 Å². The number of furan rings is 1. The zero-order chi connectivity index (χ0) is 24.5. The van der Waals surface area contributed by atoms with Gasteiger partial charge in [-0.2, -0.15) is 0 Å². The number of para-hydroxylation sites is 1. The summed E-state index contributed by atoms with van der Waals surface area (Å²) in [7, 11) is 0. The number of nitrogens with zero attached hydrogens (tertiary/aromatic N) is 3. The van der Waals surface area contributed by atoms with Crippen molar-refractivity contribution in [3.63, 3.8) is 0 Å². The average molecular weight is 479 g/mol.